The average molecular weight is 301 g/mol. The lowest BCUT2D eigenvalue weighted by molar-refractivity contribution is -0.248. The molecule has 0 saturated heterocycles. The van der Waals surface area contributed by atoms with Crippen molar-refractivity contribution < 1.29 is 13.5 Å². The molecule has 0 amide bonds. The Morgan fingerprint density at radius 1 is 1.00 bits per heavy atom. The molecule has 2 rings (SSSR count). The first-order chi connectivity index (χ1) is 10.5. The number of benzene rings is 2. The van der Waals surface area contributed by atoms with Crippen LogP contribution in [0.25, 0.3) is 0 Å². The van der Waals surface area contributed by atoms with E-state index in [0.29, 0.717) is 12.0 Å². The molecule has 0 radical (unpaired) electrons. The van der Waals surface area contributed by atoms with Crippen LogP contribution in [0.5, 0.6) is 0 Å². The highest BCUT2D eigenvalue weighted by molar-refractivity contribution is 5.31. The summed E-state index contributed by atoms with van der Waals surface area (Å²) < 4.78 is 32.6. The van der Waals surface area contributed by atoms with Crippen molar-refractivity contribution in [1.82, 2.24) is 0 Å². The molecule has 0 heterocycles. The first kappa shape index (κ1) is 16.1. The van der Waals surface area contributed by atoms with E-state index in [1.54, 1.807) is 36.4 Å². The molecular formula is C18H17F2NO. The zero-order chi connectivity index (χ0) is 16.0. The molecule has 2 aromatic rings. The SMILES string of the molecule is CCc1ccc(C(F)(F)OCCc2ccc(C#N)cc2)cc1. The summed E-state index contributed by atoms with van der Waals surface area (Å²) in [5.41, 5.74) is 2.28. The number of hydrogen-bond acceptors (Lipinski definition) is 2. The Morgan fingerprint density at radius 2 is 1.59 bits per heavy atom. The molecule has 0 saturated carbocycles. The molecule has 22 heavy (non-hydrogen) atoms. The van der Waals surface area contributed by atoms with Crippen molar-refractivity contribution in [2.75, 3.05) is 6.61 Å². The monoisotopic (exact) mass is 301 g/mol. The Labute approximate surface area is 129 Å². The third kappa shape index (κ3) is 4.12. The number of hydrogen-bond donors (Lipinski definition) is 0. The molecule has 2 nitrogen and oxygen atoms in total. The zero-order valence-electron chi connectivity index (χ0n) is 12.4. The highest BCUT2D eigenvalue weighted by Crippen LogP contribution is 2.29. The van der Waals surface area contributed by atoms with Crippen molar-refractivity contribution >= 4 is 0 Å². The fourth-order valence-corrected chi connectivity index (χ4v) is 2.06. The summed E-state index contributed by atoms with van der Waals surface area (Å²) in [6.45, 7) is 1.88. The van der Waals surface area contributed by atoms with Crippen molar-refractivity contribution in [2.45, 2.75) is 25.9 Å². The van der Waals surface area contributed by atoms with Crippen LogP contribution in [0.15, 0.2) is 48.5 Å². The molecule has 114 valence electrons. The van der Waals surface area contributed by atoms with Gasteiger partial charge >= 0.3 is 6.11 Å². The van der Waals surface area contributed by atoms with Crippen LogP contribution >= 0.6 is 0 Å². The summed E-state index contributed by atoms with van der Waals surface area (Å²) in [5, 5.41) is 8.70. The van der Waals surface area contributed by atoms with E-state index in [0.717, 1.165) is 17.5 Å². The van der Waals surface area contributed by atoms with E-state index in [1.807, 2.05) is 13.0 Å². The van der Waals surface area contributed by atoms with Gasteiger partial charge in [0.25, 0.3) is 0 Å². The van der Waals surface area contributed by atoms with E-state index in [9.17, 15) is 8.78 Å². The summed E-state index contributed by atoms with van der Waals surface area (Å²) >= 11 is 0. The number of ether oxygens (including phenoxy) is 1. The zero-order valence-corrected chi connectivity index (χ0v) is 12.4. The maximum Gasteiger partial charge on any atom is 0.383 e. The number of alkyl halides is 2. The van der Waals surface area contributed by atoms with E-state index in [-0.39, 0.29) is 12.2 Å². The van der Waals surface area contributed by atoms with Crippen LogP contribution in [0.1, 0.15) is 29.2 Å². The number of rotatable bonds is 6. The molecule has 0 N–H and O–H groups in total. The predicted octanol–water partition coefficient (Wildman–Crippen LogP) is 4.43. The number of halogens is 2. The van der Waals surface area contributed by atoms with Gasteiger partial charge in [-0.15, -0.1) is 0 Å². The van der Waals surface area contributed by atoms with Gasteiger partial charge in [0, 0.05) is 0 Å². The molecule has 4 heteroatoms. The first-order valence-corrected chi connectivity index (χ1v) is 7.15. The summed E-state index contributed by atoms with van der Waals surface area (Å²) in [6, 6.07) is 15.0. The molecule has 0 atom stereocenters. The van der Waals surface area contributed by atoms with Crippen LogP contribution in [-0.4, -0.2) is 6.61 Å². The molecule has 0 aliphatic carbocycles. The Hall–Kier alpha value is -2.25. The fraction of sp³-hybridized carbons (Fsp3) is 0.278. The Morgan fingerprint density at radius 3 is 2.14 bits per heavy atom. The second-order valence-corrected chi connectivity index (χ2v) is 4.97. The van der Waals surface area contributed by atoms with E-state index in [1.165, 1.54) is 12.1 Å². The van der Waals surface area contributed by atoms with Gasteiger partial charge in [-0.05, 0) is 36.1 Å². The average Bonchev–Trinajstić information content (AvgIpc) is 2.55. The lowest BCUT2D eigenvalue weighted by Gasteiger charge is -2.17. The summed E-state index contributed by atoms with van der Waals surface area (Å²) in [7, 11) is 0. The highest BCUT2D eigenvalue weighted by Gasteiger charge is 2.32. The van der Waals surface area contributed by atoms with Gasteiger partial charge in [0.05, 0.1) is 23.8 Å². The minimum Gasteiger partial charge on any atom is -0.316 e. The molecule has 0 bridgehead atoms. The summed E-state index contributed by atoms with van der Waals surface area (Å²) in [4.78, 5) is 0. The van der Waals surface area contributed by atoms with Crippen LogP contribution in [-0.2, 0) is 23.7 Å². The topological polar surface area (TPSA) is 33.0 Å². The molecule has 0 aliphatic rings. The molecular weight excluding hydrogens is 284 g/mol. The Bertz CT molecular complexity index is 642. The quantitative estimate of drug-likeness (QED) is 0.790. The van der Waals surface area contributed by atoms with Crippen molar-refractivity contribution in [2.24, 2.45) is 0 Å². The Balaban J connectivity index is 1.92. The van der Waals surface area contributed by atoms with E-state index >= 15 is 0 Å². The largest absolute Gasteiger partial charge is 0.383 e. The minimum atomic E-state index is -3.29. The molecule has 0 spiro atoms. The van der Waals surface area contributed by atoms with Crippen molar-refractivity contribution in [1.29, 1.82) is 5.26 Å². The van der Waals surface area contributed by atoms with Gasteiger partial charge in [0.15, 0.2) is 0 Å². The maximum atomic E-state index is 13.9. The van der Waals surface area contributed by atoms with Crippen molar-refractivity contribution in [3.05, 3.63) is 70.8 Å². The highest BCUT2D eigenvalue weighted by atomic mass is 19.3. The van der Waals surface area contributed by atoms with Crippen LogP contribution in [0, 0.1) is 11.3 Å². The number of nitriles is 1. The van der Waals surface area contributed by atoms with Crippen molar-refractivity contribution in [3.8, 4) is 6.07 Å². The molecule has 0 aromatic heterocycles. The normalized spacial score (nSPS) is 11.2. The molecule has 0 fully saturated rings. The van der Waals surface area contributed by atoms with E-state index in [4.69, 9.17) is 10.00 Å². The third-order valence-electron chi connectivity index (χ3n) is 3.46. The van der Waals surface area contributed by atoms with Crippen LogP contribution in [0.2, 0.25) is 0 Å². The van der Waals surface area contributed by atoms with Crippen LogP contribution < -0.4 is 0 Å². The van der Waals surface area contributed by atoms with E-state index in [2.05, 4.69) is 0 Å². The van der Waals surface area contributed by atoms with Crippen LogP contribution in [0.4, 0.5) is 8.78 Å². The standard InChI is InChI=1S/C18H17F2NO/c1-2-14-7-9-17(10-8-14)18(19,20)22-12-11-15-3-5-16(13-21)6-4-15/h3-10H,2,11-12H2,1H3. The first-order valence-electron chi connectivity index (χ1n) is 7.15. The number of aryl methyl sites for hydroxylation is 1. The van der Waals surface area contributed by atoms with E-state index < -0.39 is 6.11 Å². The van der Waals surface area contributed by atoms with Crippen LogP contribution in [0.3, 0.4) is 0 Å². The molecule has 0 aliphatic heterocycles. The van der Waals surface area contributed by atoms with Crippen molar-refractivity contribution in [3.63, 3.8) is 0 Å². The van der Waals surface area contributed by atoms with Gasteiger partial charge in [-0.3, -0.25) is 0 Å². The summed E-state index contributed by atoms with van der Waals surface area (Å²) in [6.07, 6.45) is -2.11. The molecule has 2 aromatic carbocycles. The van der Waals surface area contributed by atoms with Gasteiger partial charge in [0.1, 0.15) is 0 Å². The maximum absolute atomic E-state index is 13.9. The fourth-order valence-electron chi connectivity index (χ4n) is 2.06. The van der Waals surface area contributed by atoms with Gasteiger partial charge in [-0.2, -0.15) is 14.0 Å². The minimum absolute atomic E-state index is 0.0889. The number of nitrogens with zero attached hydrogens (tertiary/aromatic N) is 1. The summed E-state index contributed by atoms with van der Waals surface area (Å²) in [5.74, 6) is 0. The molecule has 0 unspecified atom stereocenters. The smallest absolute Gasteiger partial charge is 0.316 e. The van der Waals surface area contributed by atoms with Gasteiger partial charge in [-0.1, -0.05) is 43.3 Å². The third-order valence-corrected chi connectivity index (χ3v) is 3.46. The predicted molar refractivity (Wildman–Crippen MR) is 80.5 cm³/mol. The van der Waals surface area contributed by atoms with Gasteiger partial charge in [-0.25, -0.2) is 0 Å². The lowest BCUT2D eigenvalue weighted by atomic mass is 10.1. The Kier molecular flexibility index (Phi) is 5.24. The second kappa shape index (κ2) is 7.15. The second-order valence-electron chi connectivity index (χ2n) is 4.97. The van der Waals surface area contributed by atoms with Gasteiger partial charge in [0.2, 0.25) is 0 Å². The van der Waals surface area contributed by atoms with Gasteiger partial charge < -0.3 is 4.74 Å². The lowest BCUT2D eigenvalue weighted by Crippen LogP contribution is -2.19.